The van der Waals surface area contributed by atoms with Crippen LogP contribution in [-0.4, -0.2) is 70.2 Å². The molecule has 170 valence electrons. The number of piperidine rings is 1. The van der Waals surface area contributed by atoms with E-state index in [2.05, 4.69) is 52.9 Å². The van der Waals surface area contributed by atoms with Crippen molar-refractivity contribution in [1.29, 1.82) is 0 Å². The number of hydrogen-bond donors (Lipinski definition) is 0. The van der Waals surface area contributed by atoms with Crippen molar-refractivity contribution in [2.75, 3.05) is 34.3 Å². The third-order valence-electron chi connectivity index (χ3n) is 6.58. The van der Waals surface area contributed by atoms with Gasteiger partial charge < -0.3 is 18.9 Å². The summed E-state index contributed by atoms with van der Waals surface area (Å²) in [7, 11) is 5.87. The first-order valence-electron chi connectivity index (χ1n) is 11.3. The molecule has 1 aliphatic heterocycles. The van der Waals surface area contributed by atoms with Gasteiger partial charge in [-0.15, -0.1) is 0 Å². The second kappa shape index (κ2) is 8.75. The Balaban J connectivity index is 1.39. The van der Waals surface area contributed by atoms with Gasteiger partial charge in [-0.2, -0.15) is 5.10 Å². The molecule has 7 heteroatoms. The van der Waals surface area contributed by atoms with Gasteiger partial charge >= 0.3 is 0 Å². The van der Waals surface area contributed by atoms with Crippen LogP contribution in [0.25, 0.3) is 22.5 Å². The van der Waals surface area contributed by atoms with Gasteiger partial charge in [-0.05, 0) is 74.5 Å². The maximum Gasteiger partial charge on any atom is 0.274 e. The third-order valence-corrected chi connectivity index (χ3v) is 6.58. The molecule has 0 saturated carbocycles. The molecule has 0 radical (unpaired) electrons. The van der Waals surface area contributed by atoms with Gasteiger partial charge in [0.15, 0.2) is 5.69 Å². The molecule has 33 heavy (non-hydrogen) atoms. The fraction of sp³-hybridized carbons (Fsp3) is 0.308. The summed E-state index contributed by atoms with van der Waals surface area (Å²) < 4.78 is 9.15. The number of aromatic nitrogens is 3. The van der Waals surface area contributed by atoms with Crippen molar-refractivity contribution >= 4 is 11.4 Å². The topological polar surface area (TPSA) is 55.0 Å². The monoisotopic (exact) mass is 443 g/mol. The number of rotatable bonds is 5. The second-order valence-electron chi connectivity index (χ2n) is 8.77. The lowest BCUT2D eigenvalue weighted by Crippen LogP contribution is -2.44. The van der Waals surface area contributed by atoms with Crippen LogP contribution in [-0.2, 0) is 0 Å². The highest BCUT2D eigenvalue weighted by Crippen LogP contribution is 2.25. The zero-order valence-electron chi connectivity index (χ0n) is 19.3. The molecular weight excluding hydrogens is 414 g/mol. The molecule has 0 N–H and O–H groups in total. The maximum absolute atomic E-state index is 13.0. The standard InChI is InChI=1S/C26H29N5O2/c1-28(2)21-12-15-29(16-13-21)26(32)24-14-17-31(27-24)25-11-8-22-7-4-20(18-30(22)25)19-5-9-23(33-3)10-6-19/h4-11,14,17-18,21H,12-13,15-16H2,1-3H3. The number of carbonyl (C=O) groups is 1. The summed E-state index contributed by atoms with van der Waals surface area (Å²) in [6.45, 7) is 1.54. The molecule has 5 rings (SSSR count). The molecule has 1 saturated heterocycles. The summed E-state index contributed by atoms with van der Waals surface area (Å²) in [6, 6.07) is 18.7. The van der Waals surface area contributed by atoms with Gasteiger partial charge in [0.2, 0.25) is 0 Å². The van der Waals surface area contributed by atoms with E-state index in [4.69, 9.17) is 4.74 Å². The highest BCUT2D eigenvalue weighted by Gasteiger charge is 2.26. The van der Waals surface area contributed by atoms with E-state index in [9.17, 15) is 4.79 Å². The van der Waals surface area contributed by atoms with Gasteiger partial charge in [-0.25, -0.2) is 4.68 Å². The lowest BCUT2D eigenvalue weighted by atomic mass is 10.0. The zero-order valence-corrected chi connectivity index (χ0v) is 19.3. The Labute approximate surface area is 193 Å². The molecule has 7 nitrogen and oxygen atoms in total. The van der Waals surface area contributed by atoms with E-state index in [0.717, 1.165) is 54.1 Å². The molecule has 1 amide bonds. The number of ether oxygens (including phenoxy) is 1. The van der Waals surface area contributed by atoms with Gasteiger partial charge in [0.1, 0.15) is 11.6 Å². The van der Waals surface area contributed by atoms with Gasteiger partial charge in [-0.1, -0.05) is 18.2 Å². The third kappa shape index (κ3) is 4.12. The van der Waals surface area contributed by atoms with E-state index in [1.807, 2.05) is 47.5 Å². The van der Waals surface area contributed by atoms with Crippen LogP contribution < -0.4 is 4.74 Å². The number of likely N-dealkylation sites (tertiary alicyclic amines) is 1. The molecule has 1 fully saturated rings. The fourth-order valence-electron chi connectivity index (χ4n) is 4.54. The summed E-state index contributed by atoms with van der Waals surface area (Å²) in [5, 5.41) is 4.63. The summed E-state index contributed by atoms with van der Waals surface area (Å²) in [4.78, 5) is 17.2. The van der Waals surface area contributed by atoms with Crippen LogP contribution in [0, 0.1) is 0 Å². The van der Waals surface area contributed by atoms with Crippen molar-refractivity contribution < 1.29 is 9.53 Å². The Morgan fingerprint density at radius 2 is 1.67 bits per heavy atom. The minimum atomic E-state index is 0.00531. The predicted molar refractivity (Wildman–Crippen MR) is 129 cm³/mol. The van der Waals surface area contributed by atoms with E-state index < -0.39 is 0 Å². The van der Waals surface area contributed by atoms with Crippen LogP contribution in [0.5, 0.6) is 5.75 Å². The highest BCUT2D eigenvalue weighted by atomic mass is 16.5. The smallest absolute Gasteiger partial charge is 0.274 e. The Bertz CT molecular complexity index is 1260. The Morgan fingerprint density at radius 3 is 2.36 bits per heavy atom. The number of nitrogens with zero attached hydrogens (tertiary/aromatic N) is 5. The molecule has 0 bridgehead atoms. The van der Waals surface area contributed by atoms with Gasteiger partial charge in [0.25, 0.3) is 5.91 Å². The van der Waals surface area contributed by atoms with Crippen LogP contribution in [0.1, 0.15) is 23.3 Å². The molecule has 1 aromatic carbocycles. The molecule has 4 heterocycles. The van der Waals surface area contributed by atoms with Gasteiger partial charge in [-0.3, -0.25) is 4.79 Å². The number of methoxy groups -OCH3 is 1. The summed E-state index contributed by atoms with van der Waals surface area (Å²) in [5.74, 6) is 1.73. The first-order valence-corrected chi connectivity index (χ1v) is 11.3. The van der Waals surface area contributed by atoms with Crippen LogP contribution >= 0.6 is 0 Å². The van der Waals surface area contributed by atoms with Crippen molar-refractivity contribution in [2.45, 2.75) is 18.9 Å². The summed E-state index contributed by atoms with van der Waals surface area (Å²) in [5.41, 5.74) is 3.75. The first-order chi connectivity index (χ1) is 16.0. The van der Waals surface area contributed by atoms with E-state index in [1.54, 1.807) is 11.8 Å². The summed E-state index contributed by atoms with van der Waals surface area (Å²) in [6.07, 6.45) is 5.96. The Kier molecular flexibility index (Phi) is 5.64. The Hall–Kier alpha value is -3.58. The van der Waals surface area contributed by atoms with Gasteiger partial charge in [0, 0.05) is 37.0 Å². The fourth-order valence-corrected chi connectivity index (χ4v) is 4.54. The van der Waals surface area contributed by atoms with Crippen LogP contribution in [0.2, 0.25) is 0 Å². The summed E-state index contributed by atoms with van der Waals surface area (Å²) >= 11 is 0. The van der Waals surface area contributed by atoms with Crippen molar-refractivity contribution in [1.82, 2.24) is 24.0 Å². The predicted octanol–water partition coefficient (Wildman–Crippen LogP) is 3.97. The number of carbonyl (C=O) groups excluding carboxylic acids is 1. The molecular formula is C26H29N5O2. The average molecular weight is 444 g/mol. The van der Waals surface area contributed by atoms with E-state index in [0.29, 0.717) is 11.7 Å². The van der Waals surface area contributed by atoms with Crippen molar-refractivity contribution in [2.24, 2.45) is 0 Å². The van der Waals surface area contributed by atoms with Crippen molar-refractivity contribution in [3.8, 4) is 22.7 Å². The maximum atomic E-state index is 13.0. The van der Waals surface area contributed by atoms with Crippen LogP contribution in [0.3, 0.4) is 0 Å². The lowest BCUT2D eigenvalue weighted by molar-refractivity contribution is 0.0657. The van der Waals surface area contributed by atoms with E-state index in [1.165, 1.54) is 0 Å². The van der Waals surface area contributed by atoms with Gasteiger partial charge in [0.05, 0.1) is 7.11 Å². The number of amides is 1. The Morgan fingerprint density at radius 1 is 0.970 bits per heavy atom. The molecule has 1 aliphatic rings. The quantitative estimate of drug-likeness (QED) is 0.468. The number of hydrogen-bond acceptors (Lipinski definition) is 4. The molecule has 3 aromatic heterocycles. The molecule has 0 spiro atoms. The van der Waals surface area contributed by atoms with Crippen LogP contribution in [0.4, 0.5) is 0 Å². The number of pyridine rings is 1. The minimum Gasteiger partial charge on any atom is -0.497 e. The molecule has 0 atom stereocenters. The largest absolute Gasteiger partial charge is 0.497 e. The molecule has 0 aliphatic carbocycles. The molecule has 4 aromatic rings. The normalized spacial score (nSPS) is 14.8. The van der Waals surface area contributed by atoms with E-state index >= 15 is 0 Å². The first kappa shape index (κ1) is 21.3. The van der Waals surface area contributed by atoms with Crippen molar-refractivity contribution in [3.05, 3.63) is 72.7 Å². The average Bonchev–Trinajstić information content (AvgIpc) is 3.50. The van der Waals surface area contributed by atoms with Crippen LogP contribution in [0.15, 0.2) is 67.0 Å². The zero-order chi connectivity index (χ0) is 22.9. The second-order valence-corrected chi connectivity index (χ2v) is 8.77. The lowest BCUT2D eigenvalue weighted by Gasteiger charge is -2.34. The highest BCUT2D eigenvalue weighted by molar-refractivity contribution is 5.92. The van der Waals surface area contributed by atoms with E-state index in [-0.39, 0.29) is 5.91 Å². The minimum absolute atomic E-state index is 0.00531. The molecule has 0 unspecified atom stereocenters. The number of benzene rings is 1. The SMILES string of the molecule is COc1ccc(-c2ccc3ccc(-n4ccc(C(=O)N5CCC(N(C)C)CC5)n4)n3c2)cc1. The number of fused-ring (bicyclic) bond motifs is 1. The van der Waals surface area contributed by atoms with Crippen molar-refractivity contribution in [3.63, 3.8) is 0 Å².